The lowest BCUT2D eigenvalue weighted by atomic mass is 10.1. The molecule has 10 heteroatoms. The Morgan fingerprint density at radius 2 is 1.61 bits per heavy atom. The topological polar surface area (TPSA) is 125 Å². The third kappa shape index (κ3) is 5.36. The first-order valence-electron chi connectivity index (χ1n) is 9.15. The maximum absolute atomic E-state index is 12.7. The summed E-state index contributed by atoms with van der Waals surface area (Å²) in [6.45, 7) is 0.0269. The van der Waals surface area contributed by atoms with Crippen LogP contribution in [-0.4, -0.2) is 46.1 Å². The van der Waals surface area contributed by atoms with E-state index < -0.39 is 22.0 Å². The van der Waals surface area contributed by atoms with E-state index in [1.807, 2.05) is 30.3 Å². The first-order chi connectivity index (χ1) is 14.8. The number of nitrogens with zero attached hydrogens (tertiary/aromatic N) is 1. The quantitative estimate of drug-likeness (QED) is 0.525. The predicted molar refractivity (Wildman–Crippen MR) is 110 cm³/mol. The number of nitrogens with one attached hydrogen (secondary N) is 1. The lowest BCUT2D eigenvalue weighted by Crippen LogP contribution is -2.26. The van der Waals surface area contributed by atoms with Gasteiger partial charge in [-0.3, -0.25) is 0 Å². The molecule has 0 spiro atoms. The van der Waals surface area contributed by atoms with Crippen molar-refractivity contribution in [3.05, 3.63) is 71.6 Å². The minimum Gasteiger partial charge on any atom is -0.465 e. The van der Waals surface area contributed by atoms with Crippen LogP contribution in [0.25, 0.3) is 11.5 Å². The fourth-order valence-corrected chi connectivity index (χ4v) is 3.86. The Kier molecular flexibility index (Phi) is 6.83. The number of aromatic nitrogens is 1. The highest BCUT2D eigenvalue weighted by atomic mass is 32.2. The molecule has 0 saturated heterocycles. The summed E-state index contributed by atoms with van der Waals surface area (Å²) in [4.78, 5) is 27.8. The molecule has 0 aliphatic heterocycles. The van der Waals surface area contributed by atoms with Gasteiger partial charge in [-0.1, -0.05) is 18.2 Å². The van der Waals surface area contributed by atoms with E-state index in [1.54, 1.807) is 0 Å². The van der Waals surface area contributed by atoms with Gasteiger partial charge in [0, 0.05) is 18.5 Å². The van der Waals surface area contributed by atoms with Crippen LogP contribution in [0.2, 0.25) is 0 Å². The van der Waals surface area contributed by atoms with Crippen molar-refractivity contribution >= 4 is 22.0 Å². The van der Waals surface area contributed by atoms with Gasteiger partial charge >= 0.3 is 11.9 Å². The smallest absolute Gasteiger partial charge is 0.337 e. The summed E-state index contributed by atoms with van der Waals surface area (Å²) < 4.78 is 42.5. The Bertz CT molecular complexity index is 1150. The standard InChI is InChI=1S/C21H20N2O7S/c1-28-20(24)15-10-16(21(25)29-2)12-18(11-15)31(26,27)22-9-8-17-13-30-19(23-17)14-6-4-3-5-7-14/h3-7,10-13,22H,8-9H2,1-2H3. The Morgan fingerprint density at radius 1 is 1.00 bits per heavy atom. The average Bonchev–Trinajstić information content (AvgIpc) is 3.27. The minimum absolute atomic E-state index is 0.0269. The molecule has 0 unspecified atom stereocenters. The van der Waals surface area contributed by atoms with Crippen LogP contribution in [0.4, 0.5) is 0 Å². The van der Waals surface area contributed by atoms with Gasteiger partial charge in [0.2, 0.25) is 15.9 Å². The second-order valence-corrected chi connectivity index (χ2v) is 8.15. The van der Waals surface area contributed by atoms with E-state index in [9.17, 15) is 18.0 Å². The fourth-order valence-electron chi connectivity index (χ4n) is 2.76. The molecule has 3 rings (SSSR count). The monoisotopic (exact) mass is 444 g/mol. The van der Waals surface area contributed by atoms with Crippen molar-refractivity contribution in [1.29, 1.82) is 0 Å². The number of carbonyl (C=O) groups is 2. The van der Waals surface area contributed by atoms with Crippen molar-refractivity contribution in [2.45, 2.75) is 11.3 Å². The van der Waals surface area contributed by atoms with Gasteiger partial charge in [-0.15, -0.1) is 0 Å². The SMILES string of the molecule is COC(=O)c1cc(C(=O)OC)cc(S(=O)(=O)NCCc2coc(-c3ccccc3)n2)c1. The lowest BCUT2D eigenvalue weighted by molar-refractivity contribution is 0.0598. The number of esters is 2. The lowest BCUT2D eigenvalue weighted by Gasteiger charge is -2.10. The van der Waals surface area contributed by atoms with Crippen molar-refractivity contribution in [1.82, 2.24) is 9.71 Å². The number of rotatable bonds is 8. The van der Waals surface area contributed by atoms with E-state index in [-0.39, 0.29) is 29.0 Å². The van der Waals surface area contributed by atoms with Crippen molar-refractivity contribution < 1.29 is 31.9 Å². The summed E-state index contributed by atoms with van der Waals surface area (Å²) in [6, 6.07) is 12.8. The van der Waals surface area contributed by atoms with Crippen LogP contribution in [0.15, 0.2) is 64.1 Å². The first kappa shape index (κ1) is 22.2. The summed E-state index contributed by atoms with van der Waals surface area (Å²) in [5, 5.41) is 0. The highest BCUT2D eigenvalue weighted by molar-refractivity contribution is 7.89. The molecule has 3 aromatic rings. The number of carbonyl (C=O) groups excluding carboxylic acids is 2. The van der Waals surface area contributed by atoms with E-state index in [0.717, 1.165) is 31.9 Å². The molecule has 1 N–H and O–H groups in total. The molecule has 0 atom stereocenters. The summed E-state index contributed by atoms with van der Waals surface area (Å²) in [6.07, 6.45) is 1.74. The van der Waals surface area contributed by atoms with Gasteiger partial charge in [-0.25, -0.2) is 27.7 Å². The molecule has 162 valence electrons. The maximum atomic E-state index is 12.7. The molecule has 0 aliphatic rings. The van der Waals surface area contributed by atoms with Crippen LogP contribution >= 0.6 is 0 Å². The summed E-state index contributed by atoms with van der Waals surface area (Å²) in [5.41, 5.74) is 1.20. The van der Waals surface area contributed by atoms with Crippen molar-refractivity contribution in [3.8, 4) is 11.5 Å². The van der Waals surface area contributed by atoms with Crippen molar-refractivity contribution in [2.24, 2.45) is 0 Å². The zero-order valence-corrected chi connectivity index (χ0v) is 17.6. The average molecular weight is 444 g/mol. The molecule has 1 heterocycles. The molecule has 0 saturated carbocycles. The number of ether oxygens (including phenoxy) is 2. The summed E-state index contributed by atoms with van der Waals surface area (Å²) >= 11 is 0. The van der Waals surface area contributed by atoms with E-state index in [1.165, 1.54) is 12.3 Å². The van der Waals surface area contributed by atoms with Gasteiger partial charge in [-0.05, 0) is 30.3 Å². The molecule has 0 radical (unpaired) electrons. The highest BCUT2D eigenvalue weighted by Crippen LogP contribution is 2.19. The van der Waals surface area contributed by atoms with Crippen LogP contribution in [0.3, 0.4) is 0 Å². The fraction of sp³-hybridized carbons (Fsp3) is 0.190. The third-order valence-corrected chi connectivity index (χ3v) is 5.75. The molecule has 0 bridgehead atoms. The summed E-state index contributed by atoms with van der Waals surface area (Å²) in [7, 11) is -1.72. The summed E-state index contributed by atoms with van der Waals surface area (Å²) in [5.74, 6) is -1.12. The number of sulfonamides is 1. The number of benzene rings is 2. The van der Waals surface area contributed by atoms with Crippen molar-refractivity contribution in [3.63, 3.8) is 0 Å². The molecule has 2 aromatic carbocycles. The van der Waals surface area contributed by atoms with E-state index in [4.69, 9.17) is 4.42 Å². The van der Waals surface area contributed by atoms with Gasteiger partial charge in [0.1, 0.15) is 6.26 Å². The minimum atomic E-state index is -4.03. The van der Waals surface area contributed by atoms with Crippen molar-refractivity contribution in [2.75, 3.05) is 20.8 Å². The van der Waals surface area contributed by atoms with Crippen LogP contribution in [0, 0.1) is 0 Å². The molecule has 0 fully saturated rings. The Labute approximate surface area is 179 Å². The molecular formula is C21H20N2O7S. The van der Waals surface area contributed by atoms with Gasteiger partial charge in [0.15, 0.2) is 0 Å². The Balaban J connectivity index is 1.74. The van der Waals surface area contributed by atoms with Crippen LogP contribution in [0.5, 0.6) is 0 Å². The Hall–Kier alpha value is -3.50. The van der Waals surface area contributed by atoms with Gasteiger partial charge in [-0.2, -0.15) is 0 Å². The maximum Gasteiger partial charge on any atom is 0.337 e. The van der Waals surface area contributed by atoms with Crippen LogP contribution in [-0.2, 0) is 25.9 Å². The molecule has 1 aromatic heterocycles. The van der Waals surface area contributed by atoms with Crippen LogP contribution < -0.4 is 4.72 Å². The first-order valence-corrected chi connectivity index (χ1v) is 10.6. The zero-order chi connectivity index (χ0) is 22.4. The molecule has 0 amide bonds. The molecular weight excluding hydrogens is 424 g/mol. The van der Waals surface area contributed by atoms with Gasteiger partial charge in [0.25, 0.3) is 0 Å². The predicted octanol–water partition coefficient (Wildman–Crippen LogP) is 2.44. The van der Waals surface area contributed by atoms with Crippen LogP contribution in [0.1, 0.15) is 26.4 Å². The van der Waals surface area contributed by atoms with E-state index in [2.05, 4.69) is 19.2 Å². The van der Waals surface area contributed by atoms with E-state index in [0.29, 0.717) is 11.6 Å². The number of methoxy groups -OCH3 is 2. The van der Waals surface area contributed by atoms with Gasteiger partial charge < -0.3 is 13.9 Å². The molecule has 9 nitrogen and oxygen atoms in total. The molecule has 31 heavy (non-hydrogen) atoms. The number of oxazole rings is 1. The zero-order valence-electron chi connectivity index (χ0n) is 16.8. The highest BCUT2D eigenvalue weighted by Gasteiger charge is 2.21. The van der Waals surface area contributed by atoms with Gasteiger partial charge in [0.05, 0.1) is 35.9 Å². The Morgan fingerprint density at radius 3 is 2.19 bits per heavy atom. The third-order valence-electron chi connectivity index (χ3n) is 4.30. The molecule has 0 aliphatic carbocycles. The second kappa shape index (κ2) is 9.54. The normalized spacial score (nSPS) is 11.2. The number of hydrogen-bond donors (Lipinski definition) is 1. The van der Waals surface area contributed by atoms with E-state index >= 15 is 0 Å². The second-order valence-electron chi connectivity index (χ2n) is 6.39. The number of hydrogen-bond acceptors (Lipinski definition) is 8. The largest absolute Gasteiger partial charge is 0.465 e.